The molecule has 0 bridgehead atoms. The van der Waals surface area contributed by atoms with Crippen LogP contribution in [-0.4, -0.2) is 54.2 Å². The lowest BCUT2D eigenvalue weighted by Crippen LogP contribution is -2.38. The Bertz CT molecular complexity index is 1220. The van der Waals surface area contributed by atoms with E-state index in [9.17, 15) is 9.59 Å². The lowest BCUT2D eigenvalue weighted by atomic mass is 9.98. The molecule has 1 aromatic heterocycles. The van der Waals surface area contributed by atoms with Crippen molar-refractivity contribution in [3.05, 3.63) is 60.0 Å². The van der Waals surface area contributed by atoms with Crippen LogP contribution in [0.15, 0.2) is 53.1 Å². The van der Waals surface area contributed by atoms with Crippen LogP contribution in [0.3, 0.4) is 0 Å². The molecule has 9 heteroatoms. The average Bonchev–Trinajstić information content (AvgIpc) is 3.37. The molecule has 0 radical (unpaired) electrons. The van der Waals surface area contributed by atoms with E-state index < -0.39 is 0 Å². The third-order valence-corrected chi connectivity index (χ3v) is 5.81. The highest BCUT2D eigenvalue weighted by atomic mass is 16.5. The predicted octanol–water partition coefficient (Wildman–Crippen LogP) is 4.13. The van der Waals surface area contributed by atoms with Gasteiger partial charge in [-0.2, -0.15) is 4.98 Å². The third-order valence-electron chi connectivity index (χ3n) is 5.81. The fourth-order valence-corrected chi connectivity index (χ4v) is 4.03. The van der Waals surface area contributed by atoms with Crippen molar-refractivity contribution in [2.75, 3.05) is 32.6 Å². The summed E-state index contributed by atoms with van der Waals surface area (Å²) in [5.74, 6) is 2.02. The van der Waals surface area contributed by atoms with Gasteiger partial charge >= 0.3 is 0 Å². The van der Waals surface area contributed by atoms with E-state index in [1.807, 2.05) is 24.3 Å². The smallest absolute Gasteiger partial charge is 0.246 e. The van der Waals surface area contributed by atoms with Crippen LogP contribution >= 0.6 is 0 Å². The molecule has 2 aromatic carbocycles. The summed E-state index contributed by atoms with van der Waals surface area (Å²) in [5.41, 5.74) is 2.33. The molecule has 2 amide bonds. The number of aromatic nitrogens is 2. The van der Waals surface area contributed by atoms with Crippen LogP contribution in [0.5, 0.6) is 11.5 Å². The first kappa shape index (κ1) is 24.0. The quantitative estimate of drug-likeness (QED) is 0.511. The van der Waals surface area contributed by atoms with Gasteiger partial charge in [0.2, 0.25) is 23.5 Å². The van der Waals surface area contributed by atoms with E-state index in [4.69, 9.17) is 14.0 Å². The van der Waals surface area contributed by atoms with Gasteiger partial charge in [0.25, 0.3) is 0 Å². The molecule has 4 rings (SSSR count). The highest BCUT2D eigenvalue weighted by Crippen LogP contribution is 2.29. The molecule has 3 aromatic rings. The van der Waals surface area contributed by atoms with Gasteiger partial charge in [0.1, 0.15) is 0 Å². The van der Waals surface area contributed by atoms with E-state index in [-0.39, 0.29) is 17.7 Å². The largest absolute Gasteiger partial charge is 0.493 e. The van der Waals surface area contributed by atoms with Gasteiger partial charge in [-0.3, -0.25) is 9.59 Å². The second kappa shape index (κ2) is 10.9. The number of likely N-dealkylation sites (tertiary alicyclic amines) is 1. The molecule has 1 atom stereocenters. The number of hydrogen-bond donors (Lipinski definition) is 1. The van der Waals surface area contributed by atoms with E-state index in [0.717, 1.165) is 24.0 Å². The lowest BCUT2D eigenvalue weighted by Gasteiger charge is -2.30. The van der Waals surface area contributed by atoms with Crippen molar-refractivity contribution in [3.63, 3.8) is 0 Å². The molecule has 0 saturated carbocycles. The van der Waals surface area contributed by atoms with Crippen LogP contribution in [0.2, 0.25) is 0 Å². The molecule has 1 N–H and O–H groups in total. The topological polar surface area (TPSA) is 107 Å². The number of amides is 2. The van der Waals surface area contributed by atoms with E-state index in [1.54, 1.807) is 49.5 Å². The van der Waals surface area contributed by atoms with Crippen LogP contribution < -0.4 is 14.8 Å². The van der Waals surface area contributed by atoms with Crippen molar-refractivity contribution in [2.24, 2.45) is 0 Å². The Morgan fingerprint density at radius 1 is 1.11 bits per heavy atom. The maximum atomic E-state index is 12.8. The Balaban J connectivity index is 1.40. The van der Waals surface area contributed by atoms with Crippen molar-refractivity contribution in [2.45, 2.75) is 25.7 Å². The molecule has 35 heavy (non-hydrogen) atoms. The SMILES string of the molecule is COc1ccc(/C=C/C(=O)N2CCCC(c3nc(-c4ccc(NC(C)=O)cc4)no3)C2)cc1OC. The molecular formula is C26H28N4O5. The highest BCUT2D eigenvalue weighted by molar-refractivity contribution is 5.92. The zero-order valence-corrected chi connectivity index (χ0v) is 20.0. The van der Waals surface area contributed by atoms with Crippen LogP contribution in [0.25, 0.3) is 17.5 Å². The number of nitrogens with one attached hydrogen (secondary N) is 1. The Labute approximate surface area is 203 Å². The summed E-state index contributed by atoms with van der Waals surface area (Å²) in [6, 6.07) is 12.7. The standard InChI is InChI=1S/C26H28N4O5/c1-17(31)27-21-10-8-19(9-11-21)25-28-26(35-29-25)20-5-4-14-30(16-20)24(32)13-7-18-6-12-22(33-2)23(15-18)34-3/h6-13,15,20H,4-5,14,16H2,1-3H3,(H,27,31)/b13-7+. The molecule has 1 aliphatic rings. The Morgan fingerprint density at radius 3 is 2.60 bits per heavy atom. The number of anilines is 1. The number of ether oxygens (including phenoxy) is 2. The maximum Gasteiger partial charge on any atom is 0.246 e. The molecule has 1 saturated heterocycles. The number of carbonyl (C=O) groups excluding carboxylic acids is 2. The number of nitrogens with zero attached hydrogens (tertiary/aromatic N) is 3. The number of benzene rings is 2. The van der Waals surface area contributed by atoms with Gasteiger partial charge in [-0.05, 0) is 60.9 Å². The Hall–Kier alpha value is -4.14. The van der Waals surface area contributed by atoms with Crippen molar-refractivity contribution in [1.82, 2.24) is 15.0 Å². The summed E-state index contributed by atoms with van der Waals surface area (Å²) >= 11 is 0. The maximum absolute atomic E-state index is 12.8. The van der Waals surface area contributed by atoms with Gasteiger partial charge in [-0.25, -0.2) is 0 Å². The molecule has 0 spiro atoms. The minimum Gasteiger partial charge on any atom is -0.493 e. The molecule has 1 unspecified atom stereocenters. The van der Waals surface area contributed by atoms with E-state index in [0.29, 0.717) is 42.0 Å². The minimum absolute atomic E-state index is 0.0258. The van der Waals surface area contributed by atoms with Crippen molar-refractivity contribution in [3.8, 4) is 22.9 Å². The Kier molecular flexibility index (Phi) is 7.45. The van der Waals surface area contributed by atoms with Gasteiger partial charge in [0.05, 0.1) is 20.1 Å². The van der Waals surface area contributed by atoms with E-state index >= 15 is 0 Å². The van der Waals surface area contributed by atoms with Crippen LogP contribution in [0, 0.1) is 0 Å². The molecule has 0 aliphatic carbocycles. The van der Waals surface area contributed by atoms with E-state index in [1.165, 1.54) is 6.92 Å². The number of hydrogen-bond acceptors (Lipinski definition) is 7. The zero-order chi connectivity index (χ0) is 24.8. The summed E-state index contributed by atoms with van der Waals surface area (Å²) in [4.78, 5) is 30.4. The summed E-state index contributed by atoms with van der Waals surface area (Å²) in [7, 11) is 3.16. The molecular weight excluding hydrogens is 448 g/mol. The highest BCUT2D eigenvalue weighted by Gasteiger charge is 2.28. The number of methoxy groups -OCH3 is 2. The summed E-state index contributed by atoms with van der Waals surface area (Å²) in [6.07, 6.45) is 5.05. The molecule has 9 nitrogen and oxygen atoms in total. The monoisotopic (exact) mass is 476 g/mol. The first-order chi connectivity index (χ1) is 17.0. The van der Waals surface area contributed by atoms with Gasteiger partial charge < -0.3 is 24.2 Å². The summed E-state index contributed by atoms with van der Waals surface area (Å²) < 4.78 is 16.1. The number of piperidine rings is 1. The normalized spacial score (nSPS) is 15.7. The molecule has 2 heterocycles. The second-order valence-corrected chi connectivity index (χ2v) is 8.29. The van der Waals surface area contributed by atoms with Gasteiger partial charge in [-0.1, -0.05) is 11.2 Å². The number of carbonyl (C=O) groups is 2. The molecule has 1 fully saturated rings. The van der Waals surface area contributed by atoms with Gasteiger partial charge in [-0.15, -0.1) is 0 Å². The van der Waals surface area contributed by atoms with Crippen LogP contribution in [-0.2, 0) is 9.59 Å². The molecule has 1 aliphatic heterocycles. The van der Waals surface area contributed by atoms with Crippen molar-refractivity contribution in [1.29, 1.82) is 0 Å². The third kappa shape index (κ3) is 5.87. The van der Waals surface area contributed by atoms with Gasteiger partial charge in [0, 0.05) is 37.3 Å². The summed E-state index contributed by atoms with van der Waals surface area (Å²) in [5, 5.41) is 6.84. The van der Waals surface area contributed by atoms with Gasteiger partial charge in [0.15, 0.2) is 11.5 Å². The van der Waals surface area contributed by atoms with E-state index in [2.05, 4.69) is 15.5 Å². The lowest BCUT2D eigenvalue weighted by molar-refractivity contribution is -0.127. The fourth-order valence-electron chi connectivity index (χ4n) is 4.03. The van der Waals surface area contributed by atoms with Crippen LogP contribution in [0.1, 0.15) is 37.1 Å². The Morgan fingerprint density at radius 2 is 1.89 bits per heavy atom. The fraction of sp³-hybridized carbons (Fsp3) is 0.308. The van der Waals surface area contributed by atoms with Crippen molar-refractivity contribution < 1.29 is 23.6 Å². The minimum atomic E-state index is -0.130. The molecule has 182 valence electrons. The second-order valence-electron chi connectivity index (χ2n) is 8.29. The first-order valence-corrected chi connectivity index (χ1v) is 11.4. The number of rotatable bonds is 7. The van der Waals surface area contributed by atoms with Crippen LogP contribution in [0.4, 0.5) is 5.69 Å². The zero-order valence-electron chi connectivity index (χ0n) is 20.0. The van der Waals surface area contributed by atoms with Crippen molar-refractivity contribution >= 4 is 23.6 Å². The average molecular weight is 477 g/mol. The summed E-state index contributed by atoms with van der Waals surface area (Å²) in [6.45, 7) is 2.65. The first-order valence-electron chi connectivity index (χ1n) is 11.4. The predicted molar refractivity (Wildman–Crippen MR) is 131 cm³/mol.